The SMILES string of the molecule is Cc1cc(C(=O)N2CCC3(CC2)CC(Oc2cnccn2)CCO3)no1. The molecule has 0 aromatic carbocycles. The van der Waals surface area contributed by atoms with Gasteiger partial charge >= 0.3 is 0 Å². The van der Waals surface area contributed by atoms with E-state index in [0.717, 1.165) is 25.7 Å². The standard InChI is InChI=1S/C18H22N4O4/c1-13-10-15(21-26-13)17(23)22-7-3-18(4-8-22)11-14(2-9-24-18)25-16-12-19-5-6-20-16/h5-6,10,12,14H,2-4,7-9,11H2,1H3. The summed E-state index contributed by atoms with van der Waals surface area (Å²) in [6.07, 6.45) is 8.14. The van der Waals surface area contributed by atoms with Gasteiger partial charge in [-0.25, -0.2) is 4.98 Å². The average molecular weight is 358 g/mol. The number of aromatic nitrogens is 3. The minimum Gasteiger partial charge on any atom is -0.473 e. The van der Waals surface area contributed by atoms with Gasteiger partial charge in [0, 0.05) is 44.4 Å². The fourth-order valence-electron chi connectivity index (χ4n) is 3.70. The van der Waals surface area contributed by atoms with Crippen molar-refractivity contribution < 1.29 is 18.8 Å². The van der Waals surface area contributed by atoms with Gasteiger partial charge in [-0.2, -0.15) is 0 Å². The van der Waals surface area contributed by atoms with Crippen molar-refractivity contribution in [3.8, 4) is 5.88 Å². The van der Waals surface area contributed by atoms with Gasteiger partial charge in [-0.3, -0.25) is 9.78 Å². The van der Waals surface area contributed by atoms with Gasteiger partial charge in [0.25, 0.3) is 5.91 Å². The van der Waals surface area contributed by atoms with Crippen LogP contribution in [0.1, 0.15) is 41.9 Å². The molecule has 2 saturated heterocycles. The molecular weight excluding hydrogens is 336 g/mol. The molecule has 0 N–H and O–H groups in total. The Balaban J connectivity index is 1.36. The third kappa shape index (κ3) is 3.55. The molecule has 1 amide bonds. The molecule has 2 aliphatic rings. The highest BCUT2D eigenvalue weighted by atomic mass is 16.5. The smallest absolute Gasteiger partial charge is 0.276 e. The lowest BCUT2D eigenvalue weighted by atomic mass is 9.83. The second kappa shape index (κ2) is 7.03. The predicted molar refractivity (Wildman–Crippen MR) is 90.7 cm³/mol. The highest BCUT2D eigenvalue weighted by Crippen LogP contribution is 2.36. The first kappa shape index (κ1) is 17.0. The summed E-state index contributed by atoms with van der Waals surface area (Å²) in [7, 11) is 0. The summed E-state index contributed by atoms with van der Waals surface area (Å²) in [6.45, 7) is 3.72. The van der Waals surface area contributed by atoms with Crippen LogP contribution in [0.4, 0.5) is 0 Å². The lowest BCUT2D eigenvalue weighted by Gasteiger charge is -2.45. The second-order valence-corrected chi connectivity index (χ2v) is 6.92. The Labute approximate surface area is 151 Å². The van der Waals surface area contributed by atoms with Crippen molar-refractivity contribution in [1.82, 2.24) is 20.0 Å². The highest BCUT2D eigenvalue weighted by molar-refractivity contribution is 5.92. The molecule has 138 valence electrons. The first-order valence-corrected chi connectivity index (χ1v) is 8.93. The summed E-state index contributed by atoms with van der Waals surface area (Å²) < 4.78 is 17.1. The third-order valence-corrected chi connectivity index (χ3v) is 5.08. The molecule has 0 saturated carbocycles. The molecule has 2 aromatic rings. The van der Waals surface area contributed by atoms with Crippen LogP contribution < -0.4 is 4.74 Å². The quantitative estimate of drug-likeness (QED) is 0.829. The number of nitrogens with zero attached hydrogens (tertiary/aromatic N) is 4. The molecule has 2 aliphatic heterocycles. The summed E-state index contributed by atoms with van der Waals surface area (Å²) in [5.41, 5.74) is 0.133. The van der Waals surface area contributed by atoms with E-state index < -0.39 is 0 Å². The summed E-state index contributed by atoms with van der Waals surface area (Å²) in [6, 6.07) is 1.68. The summed E-state index contributed by atoms with van der Waals surface area (Å²) in [5, 5.41) is 3.82. The zero-order valence-electron chi connectivity index (χ0n) is 14.8. The number of aryl methyl sites for hydroxylation is 1. The Morgan fingerprint density at radius 2 is 2.19 bits per heavy atom. The van der Waals surface area contributed by atoms with Crippen LogP contribution in [0.5, 0.6) is 5.88 Å². The summed E-state index contributed by atoms with van der Waals surface area (Å²) >= 11 is 0. The number of amides is 1. The van der Waals surface area contributed by atoms with E-state index >= 15 is 0 Å². The Kier molecular flexibility index (Phi) is 4.58. The van der Waals surface area contributed by atoms with E-state index in [2.05, 4.69) is 15.1 Å². The molecule has 26 heavy (non-hydrogen) atoms. The topological polar surface area (TPSA) is 90.6 Å². The van der Waals surface area contributed by atoms with Gasteiger partial charge in [-0.15, -0.1) is 0 Å². The van der Waals surface area contributed by atoms with Crippen LogP contribution in [0.15, 0.2) is 29.2 Å². The van der Waals surface area contributed by atoms with Crippen LogP contribution in [0, 0.1) is 6.92 Å². The molecule has 1 unspecified atom stereocenters. The number of hydrogen-bond donors (Lipinski definition) is 0. The first-order valence-electron chi connectivity index (χ1n) is 8.93. The van der Waals surface area contributed by atoms with Crippen LogP contribution in [-0.2, 0) is 4.74 Å². The molecule has 0 aliphatic carbocycles. The number of ether oxygens (including phenoxy) is 2. The molecular formula is C18H22N4O4. The lowest BCUT2D eigenvalue weighted by Crippen LogP contribution is -2.52. The van der Waals surface area contributed by atoms with Crippen molar-refractivity contribution in [2.75, 3.05) is 19.7 Å². The average Bonchev–Trinajstić information content (AvgIpc) is 3.09. The van der Waals surface area contributed by atoms with Gasteiger partial charge in [0.2, 0.25) is 5.88 Å². The molecule has 0 bridgehead atoms. The summed E-state index contributed by atoms with van der Waals surface area (Å²) in [4.78, 5) is 22.6. The fourth-order valence-corrected chi connectivity index (χ4v) is 3.70. The van der Waals surface area contributed by atoms with Crippen molar-refractivity contribution in [1.29, 1.82) is 0 Å². The van der Waals surface area contributed by atoms with Crippen LogP contribution in [-0.4, -0.2) is 57.3 Å². The van der Waals surface area contributed by atoms with Crippen LogP contribution in [0.25, 0.3) is 0 Å². The van der Waals surface area contributed by atoms with Gasteiger partial charge in [0.15, 0.2) is 5.69 Å². The molecule has 8 heteroatoms. The van der Waals surface area contributed by atoms with Gasteiger partial charge in [0.1, 0.15) is 11.9 Å². The Bertz CT molecular complexity index is 756. The molecule has 1 spiro atoms. The second-order valence-electron chi connectivity index (χ2n) is 6.92. The molecule has 8 nitrogen and oxygen atoms in total. The van der Waals surface area contributed by atoms with E-state index in [1.54, 1.807) is 31.6 Å². The largest absolute Gasteiger partial charge is 0.473 e. The molecule has 4 rings (SSSR count). The number of rotatable bonds is 3. The van der Waals surface area contributed by atoms with E-state index in [0.29, 0.717) is 37.0 Å². The van der Waals surface area contributed by atoms with Crippen molar-refractivity contribution >= 4 is 5.91 Å². The van der Waals surface area contributed by atoms with Crippen molar-refractivity contribution in [2.24, 2.45) is 0 Å². The fraction of sp³-hybridized carbons (Fsp3) is 0.556. The molecule has 4 heterocycles. The van der Waals surface area contributed by atoms with Crippen molar-refractivity contribution in [3.63, 3.8) is 0 Å². The van der Waals surface area contributed by atoms with Crippen LogP contribution >= 0.6 is 0 Å². The van der Waals surface area contributed by atoms with Crippen molar-refractivity contribution in [2.45, 2.75) is 44.3 Å². The van der Waals surface area contributed by atoms with Gasteiger partial charge in [-0.05, 0) is 19.8 Å². The molecule has 2 fully saturated rings. The monoisotopic (exact) mass is 358 g/mol. The van der Waals surface area contributed by atoms with E-state index in [-0.39, 0.29) is 17.6 Å². The number of likely N-dealkylation sites (tertiary alicyclic amines) is 1. The minimum absolute atomic E-state index is 0.0564. The molecule has 0 radical (unpaired) electrons. The maximum Gasteiger partial charge on any atom is 0.276 e. The Morgan fingerprint density at radius 3 is 2.88 bits per heavy atom. The zero-order chi connectivity index (χ0) is 18.0. The molecule has 1 atom stereocenters. The maximum absolute atomic E-state index is 12.5. The zero-order valence-corrected chi connectivity index (χ0v) is 14.8. The van der Waals surface area contributed by atoms with Gasteiger partial charge < -0.3 is 18.9 Å². The molecule has 2 aromatic heterocycles. The van der Waals surface area contributed by atoms with E-state index in [1.165, 1.54) is 0 Å². The number of carbonyl (C=O) groups excluding carboxylic acids is 1. The van der Waals surface area contributed by atoms with Gasteiger partial charge in [-0.1, -0.05) is 5.16 Å². The number of carbonyl (C=O) groups is 1. The van der Waals surface area contributed by atoms with E-state index in [4.69, 9.17) is 14.0 Å². The third-order valence-electron chi connectivity index (χ3n) is 5.08. The number of piperidine rings is 1. The Morgan fingerprint density at radius 1 is 1.35 bits per heavy atom. The van der Waals surface area contributed by atoms with E-state index in [9.17, 15) is 4.79 Å². The van der Waals surface area contributed by atoms with Crippen LogP contribution in [0.2, 0.25) is 0 Å². The first-order chi connectivity index (χ1) is 12.6. The van der Waals surface area contributed by atoms with E-state index in [1.807, 2.05) is 4.90 Å². The predicted octanol–water partition coefficient (Wildman–Crippen LogP) is 2.01. The number of hydrogen-bond acceptors (Lipinski definition) is 7. The van der Waals surface area contributed by atoms with Crippen LogP contribution in [0.3, 0.4) is 0 Å². The lowest BCUT2D eigenvalue weighted by molar-refractivity contribution is -0.135. The Hall–Kier alpha value is -2.48. The highest BCUT2D eigenvalue weighted by Gasteiger charge is 2.42. The van der Waals surface area contributed by atoms with Crippen molar-refractivity contribution in [3.05, 3.63) is 36.1 Å². The minimum atomic E-state index is -0.234. The summed E-state index contributed by atoms with van der Waals surface area (Å²) in [5.74, 6) is 1.10. The maximum atomic E-state index is 12.5. The normalized spacial score (nSPS) is 22.3. The van der Waals surface area contributed by atoms with Gasteiger partial charge in [0.05, 0.1) is 18.4 Å².